The van der Waals surface area contributed by atoms with E-state index in [2.05, 4.69) is 83.9 Å². The third-order valence-electron chi connectivity index (χ3n) is 4.94. The van der Waals surface area contributed by atoms with E-state index in [0.717, 1.165) is 12.0 Å². The van der Waals surface area contributed by atoms with Gasteiger partial charge in [0, 0.05) is 11.6 Å². The standard InChI is InChI=1S/C23H23N3O/c1-3-17-11-13-19(14-12-17)23-25-22(27-26-23)15-24-16(2)20-10-6-8-18-7-4-5-9-21(18)20/h4-14,16,24H,3,15H2,1-2H3/t16-/m1/s1. The predicted octanol–water partition coefficient (Wildman–Crippen LogP) is 5.30. The van der Waals surface area contributed by atoms with Gasteiger partial charge in [-0.1, -0.05) is 78.8 Å². The predicted molar refractivity (Wildman–Crippen MR) is 108 cm³/mol. The van der Waals surface area contributed by atoms with Crippen LogP contribution in [-0.4, -0.2) is 10.1 Å². The molecule has 0 radical (unpaired) electrons. The lowest BCUT2D eigenvalue weighted by Crippen LogP contribution is -2.18. The number of nitrogens with zero attached hydrogens (tertiary/aromatic N) is 2. The Hall–Kier alpha value is -2.98. The molecular weight excluding hydrogens is 334 g/mol. The number of hydrogen-bond donors (Lipinski definition) is 1. The normalized spacial score (nSPS) is 12.4. The van der Waals surface area contributed by atoms with Crippen LogP contribution >= 0.6 is 0 Å². The maximum Gasteiger partial charge on any atom is 0.240 e. The monoisotopic (exact) mass is 357 g/mol. The fraction of sp³-hybridized carbons (Fsp3) is 0.217. The molecule has 1 aromatic heterocycles. The van der Waals surface area contributed by atoms with Crippen molar-refractivity contribution in [1.29, 1.82) is 0 Å². The molecule has 0 unspecified atom stereocenters. The van der Waals surface area contributed by atoms with E-state index < -0.39 is 0 Å². The summed E-state index contributed by atoms with van der Waals surface area (Å²) in [4.78, 5) is 4.52. The molecule has 1 heterocycles. The number of rotatable bonds is 6. The average molecular weight is 357 g/mol. The Labute approximate surface area is 159 Å². The van der Waals surface area contributed by atoms with Crippen LogP contribution in [0.1, 0.15) is 36.9 Å². The Bertz CT molecular complexity index is 1030. The molecule has 0 aliphatic carbocycles. The van der Waals surface area contributed by atoms with E-state index in [0.29, 0.717) is 18.3 Å². The number of aromatic nitrogens is 2. The summed E-state index contributed by atoms with van der Waals surface area (Å²) in [5, 5.41) is 10.1. The summed E-state index contributed by atoms with van der Waals surface area (Å²) < 4.78 is 5.43. The summed E-state index contributed by atoms with van der Waals surface area (Å²) in [6.45, 7) is 4.83. The summed E-state index contributed by atoms with van der Waals surface area (Å²) >= 11 is 0. The molecule has 0 saturated carbocycles. The minimum absolute atomic E-state index is 0.176. The molecule has 0 fully saturated rings. The molecule has 136 valence electrons. The van der Waals surface area contributed by atoms with E-state index in [4.69, 9.17) is 4.52 Å². The highest BCUT2D eigenvalue weighted by Crippen LogP contribution is 2.24. The van der Waals surface area contributed by atoms with Gasteiger partial charge in [-0.25, -0.2) is 0 Å². The van der Waals surface area contributed by atoms with Gasteiger partial charge < -0.3 is 9.84 Å². The highest BCUT2D eigenvalue weighted by atomic mass is 16.5. The lowest BCUT2D eigenvalue weighted by Gasteiger charge is -2.15. The molecule has 0 spiro atoms. The SMILES string of the molecule is CCc1ccc(-c2noc(CN[C@H](C)c3cccc4ccccc34)n2)cc1. The van der Waals surface area contributed by atoms with Crippen molar-refractivity contribution in [2.24, 2.45) is 0 Å². The van der Waals surface area contributed by atoms with Crippen LogP contribution in [0.15, 0.2) is 71.3 Å². The molecule has 4 heteroatoms. The van der Waals surface area contributed by atoms with E-state index in [9.17, 15) is 0 Å². The number of hydrogen-bond acceptors (Lipinski definition) is 4. The van der Waals surface area contributed by atoms with E-state index >= 15 is 0 Å². The first-order chi connectivity index (χ1) is 13.2. The Balaban J connectivity index is 1.46. The zero-order valence-corrected chi connectivity index (χ0v) is 15.6. The van der Waals surface area contributed by atoms with Gasteiger partial charge in [-0.05, 0) is 35.2 Å². The molecule has 0 aliphatic rings. The second-order valence-corrected chi connectivity index (χ2v) is 6.73. The molecule has 1 atom stereocenters. The molecule has 4 aromatic rings. The van der Waals surface area contributed by atoms with E-state index in [1.165, 1.54) is 21.9 Å². The van der Waals surface area contributed by atoms with Crippen molar-refractivity contribution in [2.75, 3.05) is 0 Å². The molecule has 4 nitrogen and oxygen atoms in total. The minimum Gasteiger partial charge on any atom is -0.338 e. The zero-order valence-electron chi connectivity index (χ0n) is 15.6. The summed E-state index contributed by atoms with van der Waals surface area (Å²) in [5.41, 5.74) is 3.54. The Morgan fingerprint density at radius 3 is 2.56 bits per heavy atom. The maximum atomic E-state index is 5.43. The van der Waals surface area contributed by atoms with Crippen molar-refractivity contribution in [3.8, 4) is 11.4 Å². The Morgan fingerprint density at radius 2 is 1.74 bits per heavy atom. The highest BCUT2D eigenvalue weighted by Gasteiger charge is 2.12. The number of aryl methyl sites for hydroxylation is 1. The van der Waals surface area contributed by atoms with Crippen LogP contribution in [0.4, 0.5) is 0 Å². The zero-order chi connectivity index (χ0) is 18.6. The molecule has 0 aliphatic heterocycles. The fourth-order valence-corrected chi connectivity index (χ4v) is 3.31. The van der Waals surface area contributed by atoms with E-state index in [1.54, 1.807) is 0 Å². The van der Waals surface area contributed by atoms with Gasteiger partial charge in [-0.3, -0.25) is 0 Å². The highest BCUT2D eigenvalue weighted by molar-refractivity contribution is 5.86. The van der Waals surface area contributed by atoms with Crippen molar-refractivity contribution < 1.29 is 4.52 Å². The third kappa shape index (κ3) is 3.76. The van der Waals surface area contributed by atoms with Crippen molar-refractivity contribution in [1.82, 2.24) is 15.5 Å². The second-order valence-electron chi connectivity index (χ2n) is 6.73. The minimum atomic E-state index is 0.176. The van der Waals surface area contributed by atoms with Crippen LogP contribution in [0.2, 0.25) is 0 Å². The first kappa shape index (κ1) is 17.4. The van der Waals surface area contributed by atoms with Gasteiger partial charge in [0.2, 0.25) is 11.7 Å². The van der Waals surface area contributed by atoms with Crippen molar-refractivity contribution in [3.05, 3.63) is 83.7 Å². The van der Waals surface area contributed by atoms with E-state index in [-0.39, 0.29) is 6.04 Å². The second kappa shape index (κ2) is 7.72. The molecule has 1 N–H and O–H groups in total. The van der Waals surface area contributed by atoms with Crippen molar-refractivity contribution in [3.63, 3.8) is 0 Å². The van der Waals surface area contributed by atoms with Crippen molar-refractivity contribution in [2.45, 2.75) is 32.9 Å². The Morgan fingerprint density at radius 1 is 0.963 bits per heavy atom. The van der Waals surface area contributed by atoms with Gasteiger partial charge in [0.25, 0.3) is 0 Å². The topological polar surface area (TPSA) is 51.0 Å². The van der Waals surface area contributed by atoms with Gasteiger partial charge in [-0.2, -0.15) is 4.98 Å². The average Bonchev–Trinajstić information content (AvgIpc) is 3.20. The molecule has 3 aromatic carbocycles. The van der Waals surface area contributed by atoms with Gasteiger partial charge >= 0.3 is 0 Å². The van der Waals surface area contributed by atoms with Gasteiger partial charge in [0.1, 0.15) is 0 Å². The molecule has 0 bridgehead atoms. The summed E-state index contributed by atoms with van der Waals surface area (Å²) in [7, 11) is 0. The number of nitrogens with one attached hydrogen (secondary N) is 1. The smallest absolute Gasteiger partial charge is 0.240 e. The molecule has 0 amide bonds. The summed E-state index contributed by atoms with van der Waals surface area (Å²) in [6, 6.07) is 23.3. The van der Waals surface area contributed by atoms with E-state index in [1.807, 2.05) is 12.1 Å². The first-order valence-electron chi connectivity index (χ1n) is 9.37. The lowest BCUT2D eigenvalue weighted by molar-refractivity contribution is 0.361. The summed E-state index contributed by atoms with van der Waals surface area (Å²) in [6.07, 6.45) is 1.02. The van der Waals surface area contributed by atoms with Crippen LogP contribution in [-0.2, 0) is 13.0 Å². The fourth-order valence-electron chi connectivity index (χ4n) is 3.31. The van der Waals surface area contributed by atoms with Crippen LogP contribution < -0.4 is 5.32 Å². The number of fused-ring (bicyclic) bond motifs is 1. The largest absolute Gasteiger partial charge is 0.338 e. The summed E-state index contributed by atoms with van der Waals surface area (Å²) in [5.74, 6) is 1.23. The van der Waals surface area contributed by atoms with Gasteiger partial charge in [0.05, 0.1) is 6.54 Å². The van der Waals surface area contributed by atoms with Crippen LogP contribution in [0, 0.1) is 0 Å². The lowest BCUT2D eigenvalue weighted by atomic mass is 10.00. The van der Waals surface area contributed by atoms with Crippen LogP contribution in [0.25, 0.3) is 22.2 Å². The van der Waals surface area contributed by atoms with Gasteiger partial charge in [0.15, 0.2) is 0 Å². The third-order valence-corrected chi connectivity index (χ3v) is 4.94. The Kier molecular flexibility index (Phi) is 4.99. The first-order valence-corrected chi connectivity index (χ1v) is 9.37. The number of benzene rings is 3. The molecular formula is C23H23N3O. The van der Waals surface area contributed by atoms with Gasteiger partial charge in [-0.15, -0.1) is 0 Å². The molecule has 4 rings (SSSR count). The molecule has 27 heavy (non-hydrogen) atoms. The quantitative estimate of drug-likeness (QED) is 0.508. The van der Waals surface area contributed by atoms with Crippen LogP contribution in [0.5, 0.6) is 0 Å². The molecule has 0 saturated heterocycles. The van der Waals surface area contributed by atoms with Crippen molar-refractivity contribution >= 4 is 10.8 Å². The van der Waals surface area contributed by atoms with Crippen LogP contribution in [0.3, 0.4) is 0 Å². The maximum absolute atomic E-state index is 5.43.